The molecule has 7 heteroatoms. The number of aliphatic carboxylic acids is 1. The first-order valence-electron chi connectivity index (χ1n) is 6.88. The van der Waals surface area contributed by atoms with Crippen LogP contribution in [-0.2, 0) is 16.1 Å². The summed E-state index contributed by atoms with van der Waals surface area (Å²) in [6.07, 6.45) is 5.01. The lowest BCUT2D eigenvalue weighted by atomic mass is 9.79. The number of amides is 1. The molecule has 1 aromatic rings. The van der Waals surface area contributed by atoms with Crippen LogP contribution in [0, 0.1) is 5.41 Å². The summed E-state index contributed by atoms with van der Waals surface area (Å²) in [5, 5.41) is 19.5. The second-order valence-electron chi connectivity index (χ2n) is 4.84. The van der Waals surface area contributed by atoms with Crippen LogP contribution in [0.3, 0.4) is 0 Å². The standard InChI is InChI=1S/C13H22N4O3/c1-3-13(4-2,12(19)20)10-11(18)14-6-5-8-17-9-7-15-16-17/h7,9H,3-6,8,10H2,1-2H3,(H,14,18)(H,19,20). The molecule has 0 aliphatic carbocycles. The van der Waals surface area contributed by atoms with E-state index < -0.39 is 11.4 Å². The quantitative estimate of drug-likeness (QED) is 0.660. The van der Waals surface area contributed by atoms with Crippen LogP contribution in [0.2, 0.25) is 0 Å². The molecule has 1 aromatic heterocycles. The van der Waals surface area contributed by atoms with Gasteiger partial charge in [-0.15, -0.1) is 5.10 Å². The van der Waals surface area contributed by atoms with Gasteiger partial charge in [-0.25, -0.2) is 0 Å². The monoisotopic (exact) mass is 282 g/mol. The Bertz CT molecular complexity index is 427. The number of nitrogens with zero attached hydrogens (tertiary/aromatic N) is 3. The van der Waals surface area contributed by atoms with Crippen molar-refractivity contribution in [1.29, 1.82) is 0 Å². The van der Waals surface area contributed by atoms with E-state index in [0.29, 0.717) is 25.9 Å². The minimum Gasteiger partial charge on any atom is -0.481 e. The van der Waals surface area contributed by atoms with Crippen molar-refractivity contribution >= 4 is 11.9 Å². The number of hydrogen-bond acceptors (Lipinski definition) is 4. The Kier molecular flexibility index (Phi) is 6.14. The average molecular weight is 282 g/mol. The van der Waals surface area contributed by atoms with Gasteiger partial charge >= 0.3 is 5.97 Å². The van der Waals surface area contributed by atoms with Crippen LogP contribution in [0.5, 0.6) is 0 Å². The van der Waals surface area contributed by atoms with Gasteiger partial charge in [-0.05, 0) is 19.3 Å². The van der Waals surface area contributed by atoms with Crippen LogP contribution in [0.4, 0.5) is 0 Å². The van der Waals surface area contributed by atoms with Crippen molar-refractivity contribution in [2.45, 2.75) is 46.1 Å². The minimum atomic E-state index is -0.948. The Morgan fingerprint density at radius 3 is 2.55 bits per heavy atom. The summed E-state index contributed by atoms with van der Waals surface area (Å²) in [5.74, 6) is -1.12. The van der Waals surface area contributed by atoms with E-state index in [2.05, 4.69) is 15.6 Å². The summed E-state index contributed by atoms with van der Waals surface area (Å²) in [7, 11) is 0. The maximum absolute atomic E-state index is 11.8. The third-order valence-corrected chi connectivity index (χ3v) is 3.66. The van der Waals surface area contributed by atoms with Gasteiger partial charge in [-0.1, -0.05) is 19.1 Å². The van der Waals surface area contributed by atoms with E-state index in [0.717, 1.165) is 6.42 Å². The van der Waals surface area contributed by atoms with Gasteiger partial charge in [-0.2, -0.15) is 0 Å². The number of aromatic nitrogens is 3. The lowest BCUT2D eigenvalue weighted by Gasteiger charge is -2.25. The predicted molar refractivity (Wildman–Crippen MR) is 72.9 cm³/mol. The SMILES string of the molecule is CCC(CC)(CC(=O)NCCCn1ccnn1)C(=O)O. The van der Waals surface area contributed by atoms with Gasteiger partial charge in [0, 0.05) is 25.7 Å². The Morgan fingerprint density at radius 1 is 1.35 bits per heavy atom. The smallest absolute Gasteiger partial charge is 0.310 e. The van der Waals surface area contributed by atoms with Crippen molar-refractivity contribution in [3.05, 3.63) is 12.4 Å². The van der Waals surface area contributed by atoms with Gasteiger partial charge in [0.05, 0.1) is 11.6 Å². The van der Waals surface area contributed by atoms with Gasteiger partial charge in [0.1, 0.15) is 0 Å². The minimum absolute atomic E-state index is 0.0264. The largest absolute Gasteiger partial charge is 0.481 e. The van der Waals surface area contributed by atoms with E-state index in [1.54, 1.807) is 30.9 Å². The summed E-state index contributed by atoms with van der Waals surface area (Å²) >= 11 is 0. The van der Waals surface area contributed by atoms with Crippen molar-refractivity contribution in [2.24, 2.45) is 5.41 Å². The average Bonchev–Trinajstić information content (AvgIpc) is 2.94. The number of carbonyl (C=O) groups is 2. The zero-order valence-electron chi connectivity index (χ0n) is 12.0. The van der Waals surface area contributed by atoms with E-state index in [9.17, 15) is 14.7 Å². The summed E-state index contributed by atoms with van der Waals surface area (Å²) in [4.78, 5) is 23.1. The zero-order valence-corrected chi connectivity index (χ0v) is 12.0. The molecule has 1 rings (SSSR count). The maximum Gasteiger partial charge on any atom is 0.310 e. The molecule has 20 heavy (non-hydrogen) atoms. The van der Waals surface area contributed by atoms with Gasteiger partial charge in [-0.3, -0.25) is 14.3 Å². The number of rotatable bonds is 9. The molecule has 1 amide bonds. The van der Waals surface area contributed by atoms with Gasteiger partial charge in [0.25, 0.3) is 0 Å². The molecule has 7 nitrogen and oxygen atoms in total. The van der Waals surface area contributed by atoms with Crippen molar-refractivity contribution in [1.82, 2.24) is 20.3 Å². The van der Waals surface area contributed by atoms with Crippen molar-refractivity contribution in [3.8, 4) is 0 Å². The molecule has 0 radical (unpaired) electrons. The normalized spacial score (nSPS) is 11.3. The molecule has 112 valence electrons. The number of carboxylic acids is 1. The van der Waals surface area contributed by atoms with E-state index >= 15 is 0 Å². The number of hydrogen-bond donors (Lipinski definition) is 2. The van der Waals surface area contributed by atoms with Crippen molar-refractivity contribution < 1.29 is 14.7 Å². The highest BCUT2D eigenvalue weighted by molar-refractivity contribution is 5.84. The second-order valence-corrected chi connectivity index (χ2v) is 4.84. The summed E-state index contributed by atoms with van der Waals surface area (Å²) in [6.45, 7) is 4.78. The number of carboxylic acid groups (broad SMARTS) is 1. The molecule has 0 aliphatic rings. The molecule has 0 atom stereocenters. The fourth-order valence-corrected chi connectivity index (χ4v) is 2.07. The highest BCUT2D eigenvalue weighted by atomic mass is 16.4. The summed E-state index contributed by atoms with van der Waals surface area (Å²) < 4.78 is 1.69. The number of aryl methyl sites for hydroxylation is 1. The van der Waals surface area contributed by atoms with E-state index in [1.165, 1.54) is 0 Å². The van der Waals surface area contributed by atoms with Crippen molar-refractivity contribution in [3.63, 3.8) is 0 Å². The highest BCUT2D eigenvalue weighted by Crippen LogP contribution is 2.30. The zero-order chi connectivity index (χ0) is 15.0. The lowest BCUT2D eigenvalue weighted by molar-refractivity contribution is -0.152. The van der Waals surface area contributed by atoms with Crippen LogP contribution >= 0.6 is 0 Å². The fourth-order valence-electron chi connectivity index (χ4n) is 2.07. The molecule has 1 heterocycles. The van der Waals surface area contributed by atoms with Crippen LogP contribution in [0.15, 0.2) is 12.4 Å². The van der Waals surface area contributed by atoms with E-state index in [-0.39, 0.29) is 12.3 Å². The second kappa shape index (κ2) is 7.62. The fraction of sp³-hybridized carbons (Fsp3) is 0.692. The first-order valence-corrected chi connectivity index (χ1v) is 6.88. The third kappa shape index (κ3) is 4.32. The molecule has 0 saturated carbocycles. The van der Waals surface area contributed by atoms with E-state index in [1.807, 2.05) is 0 Å². The molecule has 0 spiro atoms. The van der Waals surface area contributed by atoms with Crippen LogP contribution in [0.1, 0.15) is 39.5 Å². The topological polar surface area (TPSA) is 97.1 Å². The molecular formula is C13H22N4O3. The molecule has 0 aromatic carbocycles. The van der Waals surface area contributed by atoms with Crippen LogP contribution in [-0.4, -0.2) is 38.5 Å². The van der Waals surface area contributed by atoms with Crippen LogP contribution < -0.4 is 5.32 Å². The molecule has 0 bridgehead atoms. The first kappa shape index (κ1) is 16.1. The number of nitrogens with one attached hydrogen (secondary N) is 1. The summed E-state index contributed by atoms with van der Waals surface area (Å²) in [6, 6.07) is 0. The molecule has 0 unspecified atom stereocenters. The molecule has 2 N–H and O–H groups in total. The molecule has 0 saturated heterocycles. The Balaban J connectivity index is 2.33. The third-order valence-electron chi connectivity index (χ3n) is 3.66. The molecule has 0 aliphatic heterocycles. The summed E-state index contributed by atoms with van der Waals surface area (Å²) in [5.41, 5.74) is -0.948. The number of carbonyl (C=O) groups excluding carboxylic acids is 1. The Hall–Kier alpha value is -1.92. The molecular weight excluding hydrogens is 260 g/mol. The highest BCUT2D eigenvalue weighted by Gasteiger charge is 2.36. The maximum atomic E-state index is 11.8. The van der Waals surface area contributed by atoms with Gasteiger partial charge in [0.2, 0.25) is 5.91 Å². The molecule has 0 fully saturated rings. The predicted octanol–water partition coefficient (Wildman–Crippen LogP) is 1.07. The Morgan fingerprint density at radius 2 is 2.05 bits per heavy atom. The van der Waals surface area contributed by atoms with Gasteiger partial charge < -0.3 is 10.4 Å². The van der Waals surface area contributed by atoms with Crippen molar-refractivity contribution in [2.75, 3.05) is 6.54 Å². The van der Waals surface area contributed by atoms with Crippen LogP contribution in [0.25, 0.3) is 0 Å². The Labute approximate surface area is 118 Å². The lowest BCUT2D eigenvalue weighted by Crippen LogP contribution is -2.37. The van der Waals surface area contributed by atoms with E-state index in [4.69, 9.17) is 0 Å². The first-order chi connectivity index (χ1) is 9.54. The van der Waals surface area contributed by atoms with Gasteiger partial charge in [0.15, 0.2) is 0 Å².